The molecule has 3 aromatic rings. The Kier molecular flexibility index (Phi) is 8.25. The first-order valence-electron chi connectivity index (χ1n) is 13.2. The van der Waals surface area contributed by atoms with Gasteiger partial charge in [0, 0.05) is 38.7 Å². The van der Waals surface area contributed by atoms with Crippen molar-refractivity contribution in [2.24, 2.45) is 11.8 Å². The van der Waals surface area contributed by atoms with Crippen LogP contribution in [0, 0.1) is 11.8 Å². The van der Waals surface area contributed by atoms with Crippen LogP contribution in [0.15, 0.2) is 65.2 Å². The average Bonchev–Trinajstić information content (AvgIpc) is 3.41. The Labute approximate surface area is 218 Å². The standard InChI is InChI=1S/C29H36N4O4/c1-35-28-10-6-5-9-27(28)32-13-15-33(16-14-32)29(34)18-22-11-12-30-20-23(22)17-24-19-26(37-31-24)21-36-25-7-3-2-4-8-25/h2-10,19,22-23,30H,11-18,20-21H2,1H3/t22-,23-/m0/s1. The molecular formula is C29H36N4O4. The highest BCUT2D eigenvalue weighted by molar-refractivity contribution is 5.77. The van der Waals surface area contributed by atoms with Gasteiger partial charge >= 0.3 is 0 Å². The molecule has 0 saturated carbocycles. The van der Waals surface area contributed by atoms with Gasteiger partial charge in [0.1, 0.15) is 18.1 Å². The maximum absolute atomic E-state index is 13.3. The molecule has 0 spiro atoms. The number of benzene rings is 2. The number of aromatic nitrogens is 1. The molecule has 8 nitrogen and oxygen atoms in total. The van der Waals surface area contributed by atoms with Gasteiger partial charge < -0.3 is 29.1 Å². The Morgan fingerprint density at radius 3 is 2.65 bits per heavy atom. The lowest BCUT2D eigenvalue weighted by molar-refractivity contribution is -0.133. The number of piperidine rings is 1. The van der Waals surface area contributed by atoms with Crippen LogP contribution in [-0.4, -0.2) is 62.3 Å². The quantitative estimate of drug-likeness (QED) is 0.475. The maximum atomic E-state index is 13.3. The number of nitrogens with one attached hydrogen (secondary N) is 1. The maximum Gasteiger partial charge on any atom is 0.222 e. The van der Waals surface area contributed by atoms with Crippen LogP contribution in [0.2, 0.25) is 0 Å². The lowest BCUT2D eigenvalue weighted by Crippen LogP contribution is -2.50. The molecule has 2 aliphatic rings. The van der Waals surface area contributed by atoms with Gasteiger partial charge in [0.05, 0.1) is 18.5 Å². The number of carbonyl (C=O) groups excluding carboxylic acids is 1. The summed E-state index contributed by atoms with van der Waals surface area (Å²) in [6.45, 7) is 5.29. The lowest BCUT2D eigenvalue weighted by Gasteiger charge is -2.38. The first-order valence-corrected chi connectivity index (χ1v) is 13.2. The van der Waals surface area contributed by atoms with Gasteiger partial charge in [0.25, 0.3) is 0 Å². The number of hydrogen-bond donors (Lipinski definition) is 1. The Morgan fingerprint density at radius 1 is 1.05 bits per heavy atom. The van der Waals surface area contributed by atoms with Crippen molar-refractivity contribution in [1.82, 2.24) is 15.4 Å². The van der Waals surface area contributed by atoms with Crippen molar-refractivity contribution in [2.75, 3.05) is 51.3 Å². The minimum Gasteiger partial charge on any atom is -0.495 e. The predicted octanol–water partition coefficient (Wildman–Crippen LogP) is 3.77. The minimum atomic E-state index is 0.258. The number of hydrogen-bond acceptors (Lipinski definition) is 7. The first kappa shape index (κ1) is 25.1. The second-order valence-corrected chi connectivity index (χ2v) is 9.85. The molecule has 2 aliphatic heterocycles. The molecule has 8 heteroatoms. The van der Waals surface area contributed by atoms with E-state index < -0.39 is 0 Å². The molecule has 1 N–H and O–H groups in total. The Morgan fingerprint density at radius 2 is 1.84 bits per heavy atom. The minimum absolute atomic E-state index is 0.258. The van der Waals surface area contributed by atoms with Crippen molar-refractivity contribution >= 4 is 11.6 Å². The third-order valence-corrected chi connectivity index (χ3v) is 7.46. The molecule has 1 aromatic heterocycles. The van der Waals surface area contributed by atoms with E-state index in [1.165, 1.54) is 0 Å². The van der Waals surface area contributed by atoms with Gasteiger partial charge in [-0.15, -0.1) is 0 Å². The summed E-state index contributed by atoms with van der Waals surface area (Å²) >= 11 is 0. The molecular weight excluding hydrogens is 468 g/mol. The van der Waals surface area contributed by atoms with Crippen LogP contribution in [0.4, 0.5) is 5.69 Å². The van der Waals surface area contributed by atoms with E-state index in [2.05, 4.69) is 21.4 Å². The molecule has 2 saturated heterocycles. The molecule has 0 aliphatic carbocycles. The number of rotatable bonds is 9. The second-order valence-electron chi connectivity index (χ2n) is 9.85. The molecule has 1 amide bonds. The lowest BCUT2D eigenvalue weighted by atomic mass is 9.81. The highest BCUT2D eigenvalue weighted by atomic mass is 16.5. The van der Waals surface area contributed by atoms with Gasteiger partial charge in [0.15, 0.2) is 5.76 Å². The smallest absolute Gasteiger partial charge is 0.222 e. The molecule has 2 fully saturated rings. The van der Waals surface area contributed by atoms with Crippen LogP contribution in [0.3, 0.4) is 0 Å². The highest BCUT2D eigenvalue weighted by Crippen LogP contribution is 2.30. The van der Waals surface area contributed by atoms with Crippen LogP contribution < -0.4 is 19.7 Å². The van der Waals surface area contributed by atoms with E-state index in [4.69, 9.17) is 14.0 Å². The number of nitrogens with zero attached hydrogens (tertiary/aromatic N) is 3. The SMILES string of the molecule is COc1ccccc1N1CCN(C(=O)C[C@@H]2CCNC[C@@H]2Cc2cc(COc3ccccc3)on2)CC1. The van der Waals surface area contributed by atoms with Crippen molar-refractivity contribution in [3.8, 4) is 11.5 Å². The molecule has 2 atom stereocenters. The molecule has 0 radical (unpaired) electrons. The molecule has 0 unspecified atom stereocenters. The summed E-state index contributed by atoms with van der Waals surface area (Å²) in [5.41, 5.74) is 2.01. The summed E-state index contributed by atoms with van der Waals surface area (Å²) in [6, 6.07) is 19.7. The zero-order valence-corrected chi connectivity index (χ0v) is 21.5. The van der Waals surface area contributed by atoms with Gasteiger partial charge in [-0.05, 0) is 62.0 Å². The van der Waals surface area contributed by atoms with Crippen LogP contribution in [0.1, 0.15) is 24.3 Å². The summed E-state index contributed by atoms with van der Waals surface area (Å²) in [4.78, 5) is 17.6. The van der Waals surface area contributed by atoms with E-state index in [-0.39, 0.29) is 5.91 Å². The van der Waals surface area contributed by atoms with Crippen molar-refractivity contribution in [2.45, 2.75) is 25.9 Å². The number of amides is 1. The van der Waals surface area contributed by atoms with Gasteiger partial charge in [-0.1, -0.05) is 35.5 Å². The molecule has 0 bridgehead atoms. The van der Waals surface area contributed by atoms with E-state index in [1.807, 2.05) is 59.5 Å². The summed E-state index contributed by atoms with van der Waals surface area (Å²) in [5, 5.41) is 7.78. The Hall–Kier alpha value is -3.52. The zero-order chi connectivity index (χ0) is 25.5. The van der Waals surface area contributed by atoms with Gasteiger partial charge in [-0.25, -0.2) is 0 Å². The van der Waals surface area contributed by atoms with Crippen LogP contribution in [0.5, 0.6) is 11.5 Å². The van der Waals surface area contributed by atoms with Crippen molar-refractivity contribution in [1.29, 1.82) is 0 Å². The number of carbonyl (C=O) groups is 1. The number of ether oxygens (including phenoxy) is 2. The fourth-order valence-electron chi connectivity index (χ4n) is 5.39. The number of anilines is 1. The van der Waals surface area contributed by atoms with E-state index in [1.54, 1.807) is 7.11 Å². The van der Waals surface area contributed by atoms with Crippen molar-refractivity contribution < 1.29 is 18.8 Å². The number of methoxy groups -OCH3 is 1. The Balaban J connectivity index is 1.12. The zero-order valence-electron chi connectivity index (χ0n) is 21.5. The third kappa shape index (κ3) is 6.43. The van der Waals surface area contributed by atoms with E-state index in [0.29, 0.717) is 30.6 Å². The van der Waals surface area contributed by atoms with Gasteiger partial charge in [-0.2, -0.15) is 0 Å². The highest BCUT2D eigenvalue weighted by Gasteiger charge is 2.31. The van der Waals surface area contributed by atoms with E-state index in [0.717, 1.165) is 75.0 Å². The largest absolute Gasteiger partial charge is 0.495 e. The van der Waals surface area contributed by atoms with Crippen LogP contribution in [-0.2, 0) is 17.8 Å². The topological polar surface area (TPSA) is 80.1 Å². The number of para-hydroxylation sites is 3. The first-order chi connectivity index (χ1) is 18.2. The van der Waals surface area contributed by atoms with E-state index in [9.17, 15) is 4.79 Å². The average molecular weight is 505 g/mol. The molecule has 196 valence electrons. The molecule has 2 aromatic carbocycles. The van der Waals surface area contributed by atoms with Gasteiger partial charge in [0.2, 0.25) is 5.91 Å². The van der Waals surface area contributed by atoms with Crippen molar-refractivity contribution in [3.63, 3.8) is 0 Å². The summed E-state index contributed by atoms with van der Waals surface area (Å²) < 4.78 is 16.8. The summed E-state index contributed by atoms with van der Waals surface area (Å²) in [6.07, 6.45) is 2.38. The van der Waals surface area contributed by atoms with Crippen molar-refractivity contribution in [3.05, 3.63) is 72.1 Å². The Bertz CT molecular complexity index is 1140. The van der Waals surface area contributed by atoms with Gasteiger partial charge in [-0.3, -0.25) is 4.79 Å². The van der Waals surface area contributed by atoms with E-state index >= 15 is 0 Å². The fourth-order valence-corrected chi connectivity index (χ4v) is 5.39. The predicted molar refractivity (Wildman–Crippen MR) is 142 cm³/mol. The monoisotopic (exact) mass is 504 g/mol. The normalized spacial score (nSPS) is 20.0. The fraction of sp³-hybridized carbons (Fsp3) is 0.448. The second kappa shape index (κ2) is 12.1. The molecule has 5 rings (SSSR count). The van der Waals surface area contributed by atoms with Crippen LogP contribution >= 0.6 is 0 Å². The van der Waals surface area contributed by atoms with Crippen LogP contribution in [0.25, 0.3) is 0 Å². The summed E-state index contributed by atoms with van der Waals surface area (Å²) in [7, 11) is 1.70. The summed E-state index contributed by atoms with van der Waals surface area (Å²) in [5.74, 6) is 3.33. The third-order valence-electron chi connectivity index (χ3n) is 7.46. The molecule has 37 heavy (non-hydrogen) atoms. The number of piperazine rings is 1. The molecule has 3 heterocycles.